The Bertz CT molecular complexity index is 555. The first-order chi connectivity index (χ1) is 9.65. The highest BCUT2D eigenvalue weighted by Gasteiger charge is 2.13. The number of aliphatic hydroxyl groups excluding tert-OH is 2. The molecule has 1 aromatic rings. The highest BCUT2D eigenvalue weighted by atomic mass is 16.5. The normalized spacial score (nSPS) is 18.5. The number of benzene rings is 1. The van der Waals surface area contributed by atoms with Gasteiger partial charge in [0.1, 0.15) is 12.4 Å². The fraction of sp³-hybridized carbons (Fsp3) is 0.188. The number of hydrogen-bond donors (Lipinski definition) is 2. The van der Waals surface area contributed by atoms with Crippen molar-refractivity contribution in [2.24, 2.45) is 5.92 Å². The number of allylic oxidation sites excluding steroid dienone is 4. The Hall–Kier alpha value is -2.49. The van der Waals surface area contributed by atoms with Crippen LogP contribution in [0.15, 0.2) is 66.2 Å². The Balaban J connectivity index is 1.80. The van der Waals surface area contributed by atoms with E-state index in [4.69, 9.17) is 4.74 Å². The molecular weight excluding hydrogens is 256 g/mol. The number of rotatable bonds is 4. The van der Waals surface area contributed by atoms with Gasteiger partial charge in [-0.15, -0.1) is 0 Å². The van der Waals surface area contributed by atoms with Gasteiger partial charge in [-0.3, -0.25) is 0 Å². The number of carbonyl (C=O) groups is 1. The molecule has 0 aromatic heterocycles. The highest BCUT2D eigenvalue weighted by molar-refractivity contribution is 5.82. The zero-order valence-corrected chi connectivity index (χ0v) is 10.9. The van der Waals surface area contributed by atoms with Crippen molar-refractivity contribution >= 4 is 5.97 Å². The minimum Gasteiger partial charge on any atom is -0.508 e. The van der Waals surface area contributed by atoms with Crippen molar-refractivity contribution in [2.45, 2.75) is 13.0 Å². The van der Waals surface area contributed by atoms with Gasteiger partial charge in [0.2, 0.25) is 0 Å². The van der Waals surface area contributed by atoms with Gasteiger partial charge < -0.3 is 14.9 Å². The van der Waals surface area contributed by atoms with E-state index in [1.54, 1.807) is 12.2 Å². The molecule has 20 heavy (non-hydrogen) atoms. The molecule has 0 radical (unpaired) electrons. The number of carbonyl (C=O) groups excluding carboxylic acids is 1. The lowest BCUT2D eigenvalue weighted by molar-refractivity contribution is -0.139. The van der Waals surface area contributed by atoms with Crippen molar-refractivity contribution in [3.05, 3.63) is 71.7 Å². The van der Waals surface area contributed by atoms with Crippen molar-refractivity contribution in [3.63, 3.8) is 0 Å². The summed E-state index contributed by atoms with van der Waals surface area (Å²) in [4.78, 5) is 11.5. The maximum absolute atomic E-state index is 11.5. The lowest BCUT2D eigenvalue weighted by Gasteiger charge is -2.12. The lowest BCUT2D eigenvalue weighted by Crippen LogP contribution is -2.05. The van der Waals surface area contributed by atoms with Crippen molar-refractivity contribution in [3.8, 4) is 0 Å². The van der Waals surface area contributed by atoms with Crippen LogP contribution in [0.1, 0.15) is 12.0 Å². The van der Waals surface area contributed by atoms with Crippen molar-refractivity contribution < 1.29 is 19.7 Å². The van der Waals surface area contributed by atoms with Crippen LogP contribution in [0.4, 0.5) is 0 Å². The molecule has 2 rings (SSSR count). The molecule has 0 bridgehead atoms. The van der Waals surface area contributed by atoms with Crippen molar-refractivity contribution in [1.82, 2.24) is 0 Å². The summed E-state index contributed by atoms with van der Waals surface area (Å²) in [6.07, 6.45) is 6.41. The third-order valence-corrected chi connectivity index (χ3v) is 2.93. The Morgan fingerprint density at radius 3 is 2.75 bits per heavy atom. The smallest absolute Gasteiger partial charge is 0.330 e. The number of aliphatic hydroxyl groups is 2. The predicted molar refractivity (Wildman–Crippen MR) is 74.9 cm³/mol. The first-order valence-electron chi connectivity index (χ1n) is 6.33. The maximum atomic E-state index is 11.5. The molecule has 1 aromatic carbocycles. The molecule has 1 aliphatic carbocycles. The van der Waals surface area contributed by atoms with Crippen LogP contribution in [-0.2, 0) is 16.1 Å². The van der Waals surface area contributed by atoms with Crippen LogP contribution < -0.4 is 0 Å². The molecule has 0 amide bonds. The van der Waals surface area contributed by atoms with E-state index >= 15 is 0 Å². The predicted octanol–water partition coefficient (Wildman–Crippen LogP) is 3.19. The molecule has 4 nitrogen and oxygen atoms in total. The third kappa shape index (κ3) is 4.02. The van der Waals surface area contributed by atoms with E-state index in [0.29, 0.717) is 0 Å². The van der Waals surface area contributed by atoms with E-state index in [-0.39, 0.29) is 30.5 Å². The lowest BCUT2D eigenvalue weighted by atomic mass is 9.98. The Morgan fingerprint density at radius 1 is 1.30 bits per heavy atom. The van der Waals surface area contributed by atoms with Crippen LogP contribution >= 0.6 is 0 Å². The SMILES string of the molecule is O=C(C=CC1C=CC(O)=C(O)C1)OCc1ccccc1. The fourth-order valence-corrected chi connectivity index (χ4v) is 1.82. The second kappa shape index (κ2) is 6.61. The van der Waals surface area contributed by atoms with Crippen LogP contribution in [0.2, 0.25) is 0 Å². The van der Waals surface area contributed by atoms with E-state index < -0.39 is 5.97 Å². The Morgan fingerprint density at radius 2 is 2.05 bits per heavy atom. The zero-order chi connectivity index (χ0) is 14.4. The van der Waals surface area contributed by atoms with Crippen LogP contribution in [0.3, 0.4) is 0 Å². The van der Waals surface area contributed by atoms with Gasteiger partial charge >= 0.3 is 5.97 Å². The molecule has 104 valence electrons. The third-order valence-electron chi connectivity index (χ3n) is 2.93. The van der Waals surface area contributed by atoms with Gasteiger partial charge in [-0.05, 0) is 11.6 Å². The minimum atomic E-state index is -0.430. The van der Waals surface area contributed by atoms with E-state index in [1.807, 2.05) is 30.3 Å². The summed E-state index contributed by atoms with van der Waals surface area (Å²) in [5.74, 6) is -0.739. The molecule has 0 heterocycles. The molecule has 1 unspecified atom stereocenters. The van der Waals surface area contributed by atoms with Gasteiger partial charge in [-0.25, -0.2) is 4.79 Å². The Labute approximate surface area is 117 Å². The summed E-state index contributed by atoms with van der Waals surface area (Å²) in [5, 5.41) is 18.6. The van der Waals surface area contributed by atoms with Gasteiger partial charge in [0.05, 0.1) is 0 Å². The van der Waals surface area contributed by atoms with E-state index in [9.17, 15) is 15.0 Å². The van der Waals surface area contributed by atoms with Gasteiger partial charge in [0.15, 0.2) is 5.76 Å². The molecule has 2 N–H and O–H groups in total. The molecule has 0 spiro atoms. The van der Waals surface area contributed by atoms with Gasteiger partial charge in [-0.2, -0.15) is 0 Å². The summed E-state index contributed by atoms with van der Waals surface area (Å²) in [6.45, 7) is 0.233. The maximum Gasteiger partial charge on any atom is 0.330 e. The van der Waals surface area contributed by atoms with Crippen molar-refractivity contribution in [1.29, 1.82) is 0 Å². The summed E-state index contributed by atoms with van der Waals surface area (Å²) in [5.41, 5.74) is 0.928. The second-order valence-electron chi connectivity index (χ2n) is 4.51. The molecule has 0 fully saturated rings. The summed E-state index contributed by atoms with van der Waals surface area (Å²) >= 11 is 0. The first kappa shape index (κ1) is 13.9. The Kier molecular flexibility index (Phi) is 4.60. The van der Waals surface area contributed by atoms with E-state index in [2.05, 4.69) is 0 Å². The van der Waals surface area contributed by atoms with Crippen LogP contribution in [-0.4, -0.2) is 16.2 Å². The van der Waals surface area contributed by atoms with E-state index in [1.165, 1.54) is 12.2 Å². The molecule has 1 atom stereocenters. The van der Waals surface area contributed by atoms with Crippen LogP contribution in [0, 0.1) is 5.92 Å². The highest BCUT2D eigenvalue weighted by Crippen LogP contribution is 2.21. The standard InChI is InChI=1S/C16H16O4/c17-14-8-6-12(10-15(14)18)7-9-16(19)20-11-13-4-2-1-3-5-13/h1-9,12,17-18H,10-11H2. The van der Waals surface area contributed by atoms with Gasteiger partial charge in [-0.1, -0.05) is 42.5 Å². The van der Waals surface area contributed by atoms with Crippen LogP contribution in [0.25, 0.3) is 0 Å². The quantitative estimate of drug-likeness (QED) is 0.652. The van der Waals surface area contributed by atoms with Gasteiger partial charge in [0.25, 0.3) is 0 Å². The number of hydrogen-bond acceptors (Lipinski definition) is 4. The molecule has 1 aliphatic rings. The zero-order valence-electron chi connectivity index (χ0n) is 10.9. The van der Waals surface area contributed by atoms with Crippen molar-refractivity contribution in [2.75, 3.05) is 0 Å². The first-order valence-corrected chi connectivity index (χ1v) is 6.33. The molecule has 0 saturated carbocycles. The average molecular weight is 272 g/mol. The average Bonchev–Trinajstić information content (AvgIpc) is 2.47. The molecule has 0 aliphatic heterocycles. The van der Waals surface area contributed by atoms with Crippen LogP contribution in [0.5, 0.6) is 0 Å². The number of esters is 1. The molecule has 0 saturated heterocycles. The minimum absolute atomic E-state index is 0.0696. The summed E-state index contributed by atoms with van der Waals surface area (Å²) in [7, 11) is 0. The number of ether oxygens (including phenoxy) is 1. The summed E-state index contributed by atoms with van der Waals surface area (Å²) < 4.78 is 5.09. The second-order valence-corrected chi connectivity index (χ2v) is 4.51. The molecule has 4 heteroatoms. The van der Waals surface area contributed by atoms with E-state index in [0.717, 1.165) is 5.56 Å². The topological polar surface area (TPSA) is 66.8 Å². The largest absolute Gasteiger partial charge is 0.508 e. The summed E-state index contributed by atoms with van der Waals surface area (Å²) in [6, 6.07) is 9.43. The molecular formula is C16H16O4. The monoisotopic (exact) mass is 272 g/mol. The fourth-order valence-electron chi connectivity index (χ4n) is 1.82. The van der Waals surface area contributed by atoms with Gasteiger partial charge in [0, 0.05) is 18.4 Å².